The Morgan fingerprint density at radius 3 is 2.12 bits per heavy atom. The van der Waals surface area contributed by atoms with Gasteiger partial charge in [0, 0.05) is 24.2 Å². The molecule has 2 aromatic carbocycles. The summed E-state index contributed by atoms with van der Waals surface area (Å²) in [5, 5.41) is 16.3. The smallest absolute Gasteiger partial charge is 0.335 e. The third-order valence-electron chi connectivity index (χ3n) is 7.43. The Labute approximate surface area is 313 Å². The molecular formula is C36H49Cl2N7O5S. The largest absolute Gasteiger partial charge is 0.478 e. The molecule has 0 radical (unpaired) electrons. The zero-order chi connectivity index (χ0) is 36.0. The first-order valence-corrected chi connectivity index (χ1v) is 17.6. The first kappa shape index (κ1) is 43.1. The number of sulfonamides is 1. The van der Waals surface area contributed by atoms with Crippen molar-refractivity contribution in [3.05, 3.63) is 83.4 Å². The van der Waals surface area contributed by atoms with Crippen LogP contribution in [0.25, 0.3) is 11.3 Å². The standard InChI is InChI=1S/C36H47N7O5S.2ClH/c1-23-11-9-12-24(2)32(23)29-16-31(42-34(41-29)43-49(46,47)28-14-10-13-25(15-28)33(44)45)48-21-26(17-35(3,4)5)37-20-30-38-18-27(19-39-30)40-22-36(6,7)8;;/h9-16,18-19,26,37,40H,17,20-22H2,1-8H3,(H,44,45)(H,41,42,43);2*1H/t26-;;/m1../s1. The molecule has 0 amide bonds. The molecule has 2 aromatic heterocycles. The normalized spacial score (nSPS) is 12.2. The topological polar surface area (TPSA) is 168 Å². The molecule has 0 aliphatic carbocycles. The van der Waals surface area contributed by atoms with Crippen LogP contribution < -0.4 is 20.1 Å². The van der Waals surface area contributed by atoms with Crippen molar-refractivity contribution < 1.29 is 23.1 Å². The highest BCUT2D eigenvalue weighted by Gasteiger charge is 2.23. The van der Waals surface area contributed by atoms with E-state index in [4.69, 9.17) is 4.74 Å². The highest BCUT2D eigenvalue weighted by atomic mass is 35.5. The van der Waals surface area contributed by atoms with E-state index in [1.165, 1.54) is 18.2 Å². The quantitative estimate of drug-likeness (QED) is 0.102. The van der Waals surface area contributed by atoms with E-state index in [2.05, 4.69) is 76.8 Å². The van der Waals surface area contributed by atoms with Crippen LogP contribution in [-0.4, -0.2) is 58.6 Å². The van der Waals surface area contributed by atoms with E-state index in [0.717, 1.165) is 41.4 Å². The van der Waals surface area contributed by atoms with Crippen LogP contribution in [0.1, 0.15) is 75.3 Å². The second-order valence-electron chi connectivity index (χ2n) is 14.6. The van der Waals surface area contributed by atoms with Crippen molar-refractivity contribution in [2.45, 2.75) is 79.3 Å². The number of hydrogen-bond acceptors (Lipinski definition) is 10. The van der Waals surface area contributed by atoms with E-state index in [0.29, 0.717) is 18.1 Å². The molecule has 0 saturated carbocycles. The molecule has 1 atom stereocenters. The van der Waals surface area contributed by atoms with Crippen molar-refractivity contribution in [3.63, 3.8) is 0 Å². The maximum absolute atomic E-state index is 13.4. The van der Waals surface area contributed by atoms with Crippen LogP contribution in [0, 0.1) is 24.7 Å². The molecule has 12 nitrogen and oxygen atoms in total. The molecule has 0 unspecified atom stereocenters. The Bertz CT molecular complexity index is 1860. The highest BCUT2D eigenvalue weighted by molar-refractivity contribution is 7.92. The van der Waals surface area contributed by atoms with Crippen LogP contribution in [0.3, 0.4) is 0 Å². The summed E-state index contributed by atoms with van der Waals surface area (Å²) in [5.41, 5.74) is 3.98. The Kier molecular flexibility index (Phi) is 15.2. The van der Waals surface area contributed by atoms with E-state index in [1.807, 2.05) is 32.0 Å². The van der Waals surface area contributed by atoms with Gasteiger partial charge in [-0.15, -0.1) is 24.8 Å². The number of ether oxygens (including phenoxy) is 1. The Morgan fingerprint density at radius 1 is 0.902 bits per heavy atom. The zero-order valence-electron chi connectivity index (χ0n) is 30.3. The molecule has 2 heterocycles. The first-order chi connectivity index (χ1) is 22.9. The summed E-state index contributed by atoms with van der Waals surface area (Å²) in [4.78, 5) is 29.3. The number of halogens is 2. The predicted molar refractivity (Wildman–Crippen MR) is 206 cm³/mol. The average molecular weight is 763 g/mol. The van der Waals surface area contributed by atoms with Crippen LogP contribution in [0.4, 0.5) is 11.6 Å². The molecule has 0 aliphatic rings. The number of aromatic carboxylic acids is 1. The van der Waals surface area contributed by atoms with Gasteiger partial charge in [-0.05, 0) is 60.4 Å². The summed E-state index contributed by atoms with van der Waals surface area (Å²) in [7, 11) is -4.24. The van der Waals surface area contributed by atoms with Gasteiger partial charge in [0.05, 0.1) is 40.8 Å². The SMILES string of the molecule is Cc1cccc(C)c1-c1cc(OC[C@@H](CC(C)(C)C)NCc2ncc(NCC(C)(C)C)cn2)nc(NS(=O)(=O)c2cccc(C(=O)O)c2)n1.Cl.Cl. The van der Waals surface area contributed by atoms with Gasteiger partial charge in [-0.25, -0.2) is 32.9 Å². The summed E-state index contributed by atoms with van der Waals surface area (Å²) in [6, 6.07) is 12.5. The second kappa shape index (κ2) is 17.9. The molecule has 4 N–H and O–H groups in total. The van der Waals surface area contributed by atoms with Crippen molar-refractivity contribution in [1.82, 2.24) is 25.3 Å². The minimum Gasteiger partial charge on any atom is -0.478 e. The maximum Gasteiger partial charge on any atom is 0.335 e. The molecule has 278 valence electrons. The Morgan fingerprint density at radius 2 is 1.53 bits per heavy atom. The number of rotatable bonds is 14. The van der Waals surface area contributed by atoms with Crippen LogP contribution in [0.5, 0.6) is 5.88 Å². The van der Waals surface area contributed by atoms with Gasteiger partial charge in [0.1, 0.15) is 12.4 Å². The van der Waals surface area contributed by atoms with Gasteiger partial charge >= 0.3 is 5.97 Å². The van der Waals surface area contributed by atoms with Crippen LogP contribution in [-0.2, 0) is 16.6 Å². The van der Waals surface area contributed by atoms with Crippen LogP contribution in [0.15, 0.2) is 65.8 Å². The average Bonchev–Trinajstić information content (AvgIpc) is 3.00. The van der Waals surface area contributed by atoms with E-state index in [-0.39, 0.29) is 70.6 Å². The molecule has 0 bridgehead atoms. The molecule has 0 spiro atoms. The number of aromatic nitrogens is 4. The van der Waals surface area contributed by atoms with Crippen molar-refractivity contribution in [2.75, 3.05) is 23.2 Å². The fourth-order valence-corrected chi connectivity index (χ4v) is 6.11. The zero-order valence-corrected chi connectivity index (χ0v) is 32.7. The van der Waals surface area contributed by atoms with E-state index >= 15 is 0 Å². The van der Waals surface area contributed by atoms with Crippen LogP contribution >= 0.6 is 24.8 Å². The van der Waals surface area contributed by atoms with Gasteiger partial charge in [0.25, 0.3) is 10.0 Å². The van der Waals surface area contributed by atoms with Crippen molar-refractivity contribution >= 4 is 52.4 Å². The number of carbonyl (C=O) groups is 1. The molecule has 15 heteroatoms. The van der Waals surface area contributed by atoms with Gasteiger partial charge in [-0.3, -0.25) is 0 Å². The van der Waals surface area contributed by atoms with Crippen molar-refractivity contribution in [1.29, 1.82) is 0 Å². The molecule has 51 heavy (non-hydrogen) atoms. The fourth-order valence-electron chi connectivity index (χ4n) is 5.12. The van der Waals surface area contributed by atoms with Crippen LogP contribution in [0.2, 0.25) is 0 Å². The number of carboxylic acids is 1. The van der Waals surface area contributed by atoms with Gasteiger partial charge in [-0.1, -0.05) is 65.8 Å². The number of hydrogen-bond donors (Lipinski definition) is 4. The third-order valence-corrected chi connectivity index (χ3v) is 8.75. The van der Waals surface area contributed by atoms with Gasteiger partial charge in [0.15, 0.2) is 0 Å². The number of anilines is 2. The lowest BCUT2D eigenvalue weighted by atomic mass is 9.88. The number of nitrogens with zero attached hydrogens (tertiary/aromatic N) is 4. The molecular weight excluding hydrogens is 713 g/mol. The van der Waals surface area contributed by atoms with Gasteiger partial charge in [0.2, 0.25) is 11.8 Å². The molecule has 0 aliphatic heterocycles. The lowest BCUT2D eigenvalue weighted by Crippen LogP contribution is -2.38. The molecule has 4 rings (SSSR count). The molecule has 0 fully saturated rings. The Balaban J connectivity index is 0.00000451. The van der Waals surface area contributed by atoms with Gasteiger partial charge in [-0.2, -0.15) is 4.98 Å². The number of aryl methyl sites for hydroxylation is 2. The second-order valence-corrected chi connectivity index (χ2v) is 16.3. The predicted octanol–water partition coefficient (Wildman–Crippen LogP) is 7.32. The minimum atomic E-state index is -4.24. The summed E-state index contributed by atoms with van der Waals surface area (Å²) in [6.45, 7) is 18.2. The molecule has 4 aromatic rings. The summed E-state index contributed by atoms with van der Waals surface area (Å²) >= 11 is 0. The molecule has 0 saturated heterocycles. The highest BCUT2D eigenvalue weighted by Crippen LogP contribution is 2.30. The monoisotopic (exact) mass is 761 g/mol. The van der Waals surface area contributed by atoms with Crippen molar-refractivity contribution in [2.24, 2.45) is 10.8 Å². The number of carboxylic acid groups (broad SMARTS) is 1. The summed E-state index contributed by atoms with van der Waals surface area (Å²) < 4.78 is 35.4. The number of benzene rings is 2. The third kappa shape index (κ3) is 13.2. The van der Waals surface area contributed by atoms with Crippen molar-refractivity contribution in [3.8, 4) is 17.1 Å². The Hall–Kier alpha value is -4.04. The van der Waals surface area contributed by atoms with Gasteiger partial charge < -0.3 is 20.5 Å². The number of nitrogens with one attached hydrogen (secondary N) is 3. The fraction of sp³-hybridized carbons (Fsp3) is 0.417. The lowest BCUT2D eigenvalue weighted by Gasteiger charge is -2.27. The lowest BCUT2D eigenvalue weighted by molar-refractivity contribution is 0.0696. The first-order valence-electron chi connectivity index (χ1n) is 16.1. The minimum absolute atomic E-state index is 0. The van der Waals surface area contributed by atoms with E-state index in [9.17, 15) is 18.3 Å². The summed E-state index contributed by atoms with van der Waals surface area (Å²) in [6.07, 6.45) is 4.31. The van der Waals surface area contributed by atoms with E-state index < -0.39 is 16.0 Å². The maximum atomic E-state index is 13.4. The summed E-state index contributed by atoms with van der Waals surface area (Å²) in [5.74, 6) is -0.625. The van der Waals surface area contributed by atoms with E-state index in [1.54, 1.807) is 18.5 Å².